The third-order valence-corrected chi connectivity index (χ3v) is 8.70. The van der Waals surface area contributed by atoms with E-state index in [0.29, 0.717) is 13.0 Å². The zero-order valence-electron chi connectivity index (χ0n) is 31.8. The quantitative estimate of drug-likeness (QED) is 0.0310. The summed E-state index contributed by atoms with van der Waals surface area (Å²) < 4.78 is 22.6. The maximum Gasteiger partial charge on any atom is 0.306 e. The van der Waals surface area contributed by atoms with E-state index in [1.165, 1.54) is 38.5 Å². The van der Waals surface area contributed by atoms with Gasteiger partial charge in [0.05, 0.1) is 19.8 Å². The molecule has 0 aliphatic carbocycles. The molecule has 0 aromatic rings. The van der Waals surface area contributed by atoms with Gasteiger partial charge >= 0.3 is 5.97 Å². The van der Waals surface area contributed by atoms with Crippen LogP contribution in [0.15, 0.2) is 60.8 Å². The Morgan fingerprint density at radius 1 is 0.647 bits per heavy atom. The Morgan fingerprint density at radius 3 is 1.80 bits per heavy atom. The SMILES string of the molecule is CC/C=C\C/C=C\C/C=C\C/C=C\C/C=C\CCCCCCCCOCC(COC1OC(CO)C(O)C(O)C1O)OC(=O)CCCCCCCC. The molecule has 1 aliphatic heterocycles. The van der Waals surface area contributed by atoms with Crippen molar-refractivity contribution in [3.63, 3.8) is 0 Å². The number of allylic oxidation sites excluding steroid dienone is 10. The molecule has 0 saturated carbocycles. The van der Waals surface area contributed by atoms with E-state index in [4.69, 9.17) is 18.9 Å². The van der Waals surface area contributed by atoms with Crippen molar-refractivity contribution in [2.75, 3.05) is 26.4 Å². The molecule has 6 unspecified atom stereocenters. The van der Waals surface area contributed by atoms with E-state index in [1.807, 2.05) is 0 Å². The van der Waals surface area contributed by atoms with Crippen LogP contribution in [0.5, 0.6) is 0 Å². The summed E-state index contributed by atoms with van der Waals surface area (Å²) in [6.45, 7) is 4.32. The number of aliphatic hydroxyl groups is 4. The lowest BCUT2D eigenvalue weighted by Crippen LogP contribution is -2.59. The Balaban J connectivity index is 2.22. The number of rotatable bonds is 32. The van der Waals surface area contributed by atoms with Gasteiger partial charge in [-0.05, 0) is 57.8 Å². The zero-order valence-corrected chi connectivity index (χ0v) is 31.8. The van der Waals surface area contributed by atoms with Crippen LogP contribution in [0, 0.1) is 0 Å². The number of carbonyl (C=O) groups is 1. The minimum Gasteiger partial charge on any atom is -0.457 e. The maximum absolute atomic E-state index is 12.6. The minimum absolute atomic E-state index is 0.122. The Bertz CT molecular complexity index is 958. The van der Waals surface area contributed by atoms with Crippen molar-refractivity contribution in [3.8, 4) is 0 Å². The van der Waals surface area contributed by atoms with Crippen LogP contribution in [0.2, 0.25) is 0 Å². The van der Waals surface area contributed by atoms with Crippen molar-refractivity contribution >= 4 is 5.97 Å². The van der Waals surface area contributed by atoms with Crippen LogP contribution in [0.25, 0.3) is 0 Å². The molecular formula is C42H72O9. The summed E-state index contributed by atoms with van der Waals surface area (Å²) in [6.07, 6.45) is 34.2. The first-order valence-electron chi connectivity index (χ1n) is 19.9. The molecule has 1 fully saturated rings. The molecule has 51 heavy (non-hydrogen) atoms. The van der Waals surface area contributed by atoms with E-state index < -0.39 is 43.4 Å². The number of hydrogen-bond donors (Lipinski definition) is 4. The number of hydrogen-bond acceptors (Lipinski definition) is 9. The lowest BCUT2D eigenvalue weighted by Gasteiger charge is -2.39. The van der Waals surface area contributed by atoms with Gasteiger partial charge in [0, 0.05) is 13.0 Å². The summed E-state index contributed by atoms with van der Waals surface area (Å²) in [7, 11) is 0. The van der Waals surface area contributed by atoms with Gasteiger partial charge in [-0.3, -0.25) is 4.79 Å². The highest BCUT2D eigenvalue weighted by Crippen LogP contribution is 2.22. The Morgan fingerprint density at radius 2 is 1.20 bits per heavy atom. The van der Waals surface area contributed by atoms with Crippen LogP contribution >= 0.6 is 0 Å². The van der Waals surface area contributed by atoms with Gasteiger partial charge in [-0.1, -0.05) is 132 Å². The standard InChI is InChI=1S/C42H72O9/c1-3-5-7-9-11-12-13-14-15-16-17-18-19-20-21-22-23-24-25-26-28-30-32-48-34-36(50-38(44)31-29-27-10-8-6-4-2)35-49-42-41(47)40(46)39(45)37(33-43)51-42/h5,7,11-12,14-15,17-18,20-21,36-37,39-43,45-47H,3-4,6,8-10,13,16,19,22-35H2,1-2H3/b7-5-,12-11-,15-14-,18-17-,21-20-. The second-order valence-corrected chi connectivity index (χ2v) is 13.4. The highest BCUT2D eigenvalue weighted by Gasteiger charge is 2.44. The van der Waals surface area contributed by atoms with Crippen molar-refractivity contribution in [2.24, 2.45) is 0 Å². The number of esters is 1. The molecule has 294 valence electrons. The van der Waals surface area contributed by atoms with Crippen LogP contribution in [0.4, 0.5) is 0 Å². The number of carbonyl (C=O) groups excluding carboxylic acids is 1. The molecule has 0 aromatic carbocycles. The van der Waals surface area contributed by atoms with Crippen LogP contribution in [-0.2, 0) is 23.7 Å². The molecule has 1 rings (SSSR count). The molecule has 9 nitrogen and oxygen atoms in total. The fourth-order valence-corrected chi connectivity index (χ4v) is 5.57. The smallest absolute Gasteiger partial charge is 0.306 e. The third-order valence-electron chi connectivity index (χ3n) is 8.70. The van der Waals surface area contributed by atoms with Gasteiger partial charge in [-0.25, -0.2) is 0 Å². The number of unbranched alkanes of at least 4 members (excludes halogenated alkanes) is 11. The highest BCUT2D eigenvalue weighted by molar-refractivity contribution is 5.69. The van der Waals surface area contributed by atoms with E-state index in [9.17, 15) is 25.2 Å². The molecule has 6 atom stereocenters. The Hall–Kier alpha value is -2.11. The molecule has 0 amide bonds. The molecule has 0 spiro atoms. The highest BCUT2D eigenvalue weighted by atomic mass is 16.7. The van der Waals surface area contributed by atoms with E-state index in [2.05, 4.69) is 74.6 Å². The molecule has 4 N–H and O–H groups in total. The molecular weight excluding hydrogens is 648 g/mol. The van der Waals surface area contributed by atoms with E-state index >= 15 is 0 Å². The van der Waals surface area contributed by atoms with Gasteiger partial charge in [0.25, 0.3) is 0 Å². The second kappa shape index (κ2) is 33.7. The summed E-state index contributed by atoms with van der Waals surface area (Å²) in [5.74, 6) is -0.332. The topological polar surface area (TPSA) is 135 Å². The van der Waals surface area contributed by atoms with Gasteiger partial charge in [0.2, 0.25) is 0 Å². The summed E-state index contributed by atoms with van der Waals surface area (Å²) >= 11 is 0. The molecule has 1 heterocycles. The number of aliphatic hydroxyl groups excluding tert-OH is 4. The third kappa shape index (κ3) is 25.5. The van der Waals surface area contributed by atoms with Crippen molar-refractivity contribution in [1.82, 2.24) is 0 Å². The molecule has 9 heteroatoms. The first-order valence-corrected chi connectivity index (χ1v) is 19.9. The average molecular weight is 721 g/mol. The molecule has 1 saturated heterocycles. The molecule has 0 aromatic heterocycles. The second-order valence-electron chi connectivity index (χ2n) is 13.4. The van der Waals surface area contributed by atoms with Crippen molar-refractivity contribution in [3.05, 3.63) is 60.8 Å². The van der Waals surface area contributed by atoms with Crippen LogP contribution in [-0.4, -0.2) is 89.6 Å². The van der Waals surface area contributed by atoms with Crippen LogP contribution < -0.4 is 0 Å². The first kappa shape index (κ1) is 46.9. The number of ether oxygens (including phenoxy) is 4. The largest absolute Gasteiger partial charge is 0.457 e. The van der Waals surface area contributed by atoms with Gasteiger partial charge < -0.3 is 39.4 Å². The Kier molecular flexibility index (Phi) is 31.0. The van der Waals surface area contributed by atoms with Crippen molar-refractivity contribution in [1.29, 1.82) is 0 Å². The maximum atomic E-state index is 12.6. The van der Waals surface area contributed by atoms with Crippen LogP contribution in [0.1, 0.15) is 136 Å². The fraction of sp³-hybridized carbons (Fsp3) is 0.738. The predicted octanol–water partition coefficient (Wildman–Crippen LogP) is 7.96. The van der Waals surface area contributed by atoms with E-state index in [1.54, 1.807) is 0 Å². The normalized spacial score (nSPS) is 22.0. The summed E-state index contributed by atoms with van der Waals surface area (Å²) in [4.78, 5) is 12.6. The van der Waals surface area contributed by atoms with Gasteiger partial charge in [-0.15, -0.1) is 0 Å². The summed E-state index contributed by atoms with van der Waals surface area (Å²) in [5, 5.41) is 39.8. The minimum atomic E-state index is -1.54. The van der Waals surface area contributed by atoms with Gasteiger partial charge in [0.15, 0.2) is 6.29 Å². The van der Waals surface area contributed by atoms with Gasteiger partial charge in [-0.2, -0.15) is 0 Å². The van der Waals surface area contributed by atoms with Crippen molar-refractivity contribution in [2.45, 2.75) is 173 Å². The predicted molar refractivity (Wildman–Crippen MR) is 205 cm³/mol. The fourth-order valence-electron chi connectivity index (χ4n) is 5.57. The summed E-state index contributed by atoms with van der Waals surface area (Å²) in [6, 6.07) is 0. The lowest BCUT2D eigenvalue weighted by atomic mass is 9.99. The van der Waals surface area contributed by atoms with E-state index in [0.717, 1.165) is 77.0 Å². The van der Waals surface area contributed by atoms with Crippen molar-refractivity contribution < 1.29 is 44.2 Å². The van der Waals surface area contributed by atoms with E-state index in [-0.39, 0.29) is 19.2 Å². The molecule has 1 aliphatic rings. The summed E-state index contributed by atoms with van der Waals surface area (Å²) in [5.41, 5.74) is 0. The monoisotopic (exact) mass is 721 g/mol. The Labute approximate surface area is 309 Å². The molecule has 0 bridgehead atoms. The van der Waals surface area contributed by atoms with Crippen LogP contribution in [0.3, 0.4) is 0 Å². The molecule has 0 radical (unpaired) electrons. The average Bonchev–Trinajstić information content (AvgIpc) is 3.13. The lowest BCUT2D eigenvalue weighted by molar-refractivity contribution is -0.305. The zero-order chi connectivity index (χ0) is 37.2. The first-order chi connectivity index (χ1) is 24.9. The van der Waals surface area contributed by atoms with Gasteiger partial charge in [0.1, 0.15) is 30.5 Å².